The van der Waals surface area contributed by atoms with E-state index in [-0.39, 0.29) is 5.82 Å². The molecule has 2 nitrogen and oxygen atoms in total. The quantitative estimate of drug-likeness (QED) is 0.889. The molecule has 0 spiro atoms. The van der Waals surface area contributed by atoms with Gasteiger partial charge in [0, 0.05) is 16.7 Å². The number of benzene rings is 2. The van der Waals surface area contributed by atoms with Crippen molar-refractivity contribution in [2.45, 2.75) is 13.0 Å². The Bertz CT molecular complexity index is 574. The van der Waals surface area contributed by atoms with E-state index in [1.54, 1.807) is 12.1 Å². The van der Waals surface area contributed by atoms with Crippen molar-refractivity contribution in [1.29, 1.82) is 0 Å². The lowest BCUT2D eigenvalue weighted by atomic mass is 10.1. The van der Waals surface area contributed by atoms with Crippen molar-refractivity contribution in [2.24, 2.45) is 0 Å². The van der Waals surface area contributed by atoms with Crippen molar-refractivity contribution in [1.82, 2.24) is 0 Å². The van der Waals surface area contributed by atoms with Gasteiger partial charge in [0.1, 0.15) is 5.82 Å². The van der Waals surface area contributed by atoms with Gasteiger partial charge in [-0.1, -0.05) is 24.3 Å². The highest BCUT2D eigenvalue weighted by Gasteiger charge is 2.09. The summed E-state index contributed by atoms with van der Waals surface area (Å²) < 4.78 is 14.0. The number of halogens is 2. The number of aliphatic hydroxyl groups excluding tert-OH is 1. The molecular formula is C15H15BrFNO. The first-order chi connectivity index (χ1) is 9.08. The first-order valence-electron chi connectivity index (χ1n) is 6.00. The van der Waals surface area contributed by atoms with E-state index < -0.39 is 6.10 Å². The lowest BCUT2D eigenvalue weighted by Crippen LogP contribution is -2.12. The highest BCUT2D eigenvalue weighted by molar-refractivity contribution is 9.10. The number of hydrogen-bond acceptors (Lipinski definition) is 2. The van der Waals surface area contributed by atoms with Crippen LogP contribution in [0.1, 0.15) is 17.2 Å². The van der Waals surface area contributed by atoms with Crippen molar-refractivity contribution >= 4 is 21.6 Å². The number of anilines is 1. The Kier molecular flexibility index (Phi) is 4.56. The van der Waals surface area contributed by atoms with Gasteiger partial charge >= 0.3 is 0 Å². The van der Waals surface area contributed by atoms with E-state index in [2.05, 4.69) is 21.2 Å². The fourth-order valence-corrected chi connectivity index (χ4v) is 2.23. The van der Waals surface area contributed by atoms with Gasteiger partial charge < -0.3 is 10.4 Å². The Morgan fingerprint density at radius 1 is 1.26 bits per heavy atom. The average molecular weight is 324 g/mol. The van der Waals surface area contributed by atoms with Gasteiger partial charge in [-0.3, -0.25) is 0 Å². The normalized spacial score (nSPS) is 12.2. The molecule has 0 aliphatic carbocycles. The van der Waals surface area contributed by atoms with Gasteiger partial charge in [-0.15, -0.1) is 0 Å². The molecule has 2 aromatic rings. The van der Waals surface area contributed by atoms with Crippen LogP contribution in [0.2, 0.25) is 0 Å². The molecule has 0 saturated carbocycles. The summed E-state index contributed by atoms with van der Waals surface area (Å²) in [5.41, 5.74) is 2.59. The molecule has 0 radical (unpaired) electrons. The molecule has 0 bridgehead atoms. The van der Waals surface area contributed by atoms with Crippen LogP contribution in [0.25, 0.3) is 0 Å². The largest absolute Gasteiger partial charge is 0.387 e. The fraction of sp³-hybridized carbons (Fsp3) is 0.200. The zero-order valence-electron chi connectivity index (χ0n) is 10.5. The van der Waals surface area contributed by atoms with E-state index in [9.17, 15) is 9.50 Å². The van der Waals surface area contributed by atoms with Gasteiger partial charge in [-0.05, 0) is 52.2 Å². The lowest BCUT2D eigenvalue weighted by Gasteiger charge is -2.15. The first-order valence-corrected chi connectivity index (χ1v) is 6.80. The summed E-state index contributed by atoms with van der Waals surface area (Å²) >= 11 is 3.49. The maximum absolute atomic E-state index is 13.1. The van der Waals surface area contributed by atoms with Crippen LogP contribution in [0.3, 0.4) is 0 Å². The van der Waals surface area contributed by atoms with Gasteiger partial charge in [0.2, 0.25) is 0 Å². The molecule has 0 aliphatic heterocycles. The van der Waals surface area contributed by atoms with Crippen LogP contribution < -0.4 is 5.32 Å². The molecule has 0 saturated heterocycles. The fourth-order valence-electron chi connectivity index (χ4n) is 1.82. The molecule has 2 rings (SSSR count). The standard InChI is InChI=1S/C15H15BrFNO/c1-10-4-2-7-13(15(10)16)18-9-14(19)11-5-3-6-12(17)8-11/h2-8,14,18-19H,9H2,1H3. The molecule has 0 fully saturated rings. The van der Waals surface area contributed by atoms with Gasteiger partial charge in [0.05, 0.1) is 6.10 Å². The summed E-state index contributed by atoms with van der Waals surface area (Å²) in [6.07, 6.45) is -0.747. The second-order valence-corrected chi connectivity index (χ2v) is 5.18. The Hall–Kier alpha value is -1.39. The number of aryl methyl sites for hydroxylation is 1. The highest BCUT2D eigenvalue weighted by Crippen LogP contribution is 2.26. The van der Waals surface area contributed by atoms with Crippen molar-refractivity contribution in [3.8, 4) is 0 Å². The average Bonchev–Trinajstić information content (AvgIpc) is 2.40. The van der Waals surface area contributed by atoms with Crippen molar-refractivity contribution in [3.63, 3.8) is 0 Å². The van der Waals surface area contributed by atoms with Crippen LogP contribution >= 0.6 is 15.9 Å². The third kappa shape index (κ3) is 3.55. The maximum atomic E-state index is 13.1. The predicted octanol–water partition coefficient (Wildman–Crippen LogP) is 4.04. The van der Waals surface area contributed by atoms with E-state index in [1.165, 1.54) is 12.1 Å². The van der Waals surface area contributed by atoms with Gasteiger partial charge in [-0.25, -0.2) is 4.39 Å². The third-order valence-electron chi connectivity index (χ3n) is 2.91. The topological polar surface area (TPSA) is 32.3 Å². The van der Waals surface area contributed by atoms with Crippen LogP contribution in [0.4, 0.5) is 10.1 Å². The van der Waals surface area contributed by atoms with E-state index in [1.807, 2.05) is 25.1 Å². The summed E-state index contributed by atoms with van der Waals surface area (Å²) in [5.74, 6) is -0.340. The SMILES string of the molecule is Cc1cccc(NCC(O)c2cccc(F)c2)c1Br. The molecule has 4 heteroatoms. The zero-order chi connectivity index (χ0) is 13.8. The molecule has 2 aromatic carbocycles. The van der Waals surface area contributed by atoms with Crippen LogP contribution in [-0.2, 0) is 0 Å². The number of nitrogens with one attached hydrogen (secondary N) is 1. The summed E-state index contributed by atoms with van der Waals surface area (Å²) in [7, 11) is 0. The molecule has 19 heavy (non-hydrogen) atoms. The molecule has 100 valence electrons. The number of hydrogen-bond donors (Lipinski definition) is 2. The summed E-state index contributed by atoms with van der Waals surface area (Å²) in [6.45, 7) is 2.32. The van der Waals surface area contributed by atoms with E-state index in [0.29, 0.717) is 12.1 Å². The Morgan fingerprint density at radius 2 is 2.00 bits per heavy atom. The van der Waals surface area contributed by atoms with E-state index >= 15 is 0 Å². The monoisotopic (exact) mass is 323 g/mol. The smallest absolute Gasteiger partial charge is 0.123 e. The van der Waals surface area contributed by atoms with Crippen LogP contribution in [0.15, 0.2) is 46.9 Å². The van der Waals surface area contributed by atoms with Gasteiger partial charge in [0.15, 0.2) is 0 Å². The van der Waals surface area contributed by atoms with Crippen molar-refractivity contribution < 1.29 is 9.50 Å². The molecule has 2 N–H and O–H groups in total. The lowest BCUT2D eigenvalue weighted by molar-refractivity contribution is 0.191. The summed E-state index contributed by atoms with van der Waals surface area (Å²) in [5, 5.41) is 13.2. The minimum Gasteiger partial charge on any atom is -0.387 e. The molecule has 1 unspecified atom stereocenters. The van der Waals surface area contributed by atoms with Gasteiger partial charge in [-0.2, -0.15) is 0 Å². The highest BCUT2D eigenvalue weighted by atomic mass is 79.9. The van der Waals surface area contributed by atoms with Crippen LogP contribution in [0, 0.1) is 12.7 Å². The molecule has 0 aromatic heterocycles. The Balaban J connectivity index is 2.04. The van der Waals surface area contributed by atoms with E-state index in [0.717, 1.165) is 15.7 Å². The summed E-state index contributed by atoms with van der Waals surface area (Å²) in [6, 6.07) is 11.9. The number of rotatable bonds is 4. The van der Waals surface area contributed by atoms with Crippen LogP contribution in [0.5, 0.6) is 0 Å². The molecule has 0 aliphatic rings. The maximum Gasteiger partial charge on any atom is 0.123 e. The van der Waals surface area contributed by atoms with Crippen molar-refractivity contribution in [3.05, 3.63) is 63.9 Å². The molecule has 0 amide bonds. The second kappa shape index (κ2) is 6.17. The molecule has 1 atom stereocenters. The van der Waals surface area contributed by atoms with E-state index in [4.69, 9.17) is 0 Å². The Morgan fingerprint density at radius 3 is 2.74 bits per heavy atom. The minimum absolute atomic E-state index is 0.325. The molecule has 0 heterocycles. The van der Waals surface area contributed by atoms with Crippen molar-refractivity contribution in [2.75, 3.05) is 11.9 Å². The minimum atomic E-state index is -0.747. The predicted molar refractivity (Wildman–Crippen MR) is 78.7 cm³/mol. The Labute approximate surface area is 120 Å². The summed E-state index contributed by atoms with van der Waals surface area (Å²) in [4.78, 5) is 0. The first kappa shape index (κ1) is 14.0. The van der Waals surface area contributed by atoms with Gasteiger partial charge in [0.25, 0.3) is 0 Å². The molecular weight excluding hydrogens is 309 g/mol. The second-order valence-electron chi connectivity index (χ2n) is 4.39. The third-order valence-corrected chi connectivity index (χ3v) is 3.96. The number of aliphatic hydroxyl groups is 1. The van der Waals surface area contributed by atoms with Crippen LogP contribution in [-0.4, -0.2) is 11.7 Å². The zero-order valence-corrected chi connectivity index (χ0v) is 12.1.